The third-order valence-electron chi connectivity index (χ3n) is 5.61. The van der Waals surface area contributed by atoms with E-state index in [1.54, 1.807) is 11.3 Å². The second-order valence-electron chi connectivity index (χ2n) is 8.03. The van der Waals surface area contributed by atoms with E-state index in [1.807, 2.05) is 18.2 Å². The standard InChI is InChI=1S/C24H29N3O2S/c28-20-12-14-27(15-13-20)17-19-10-8-18(9-11-19)16-25-23(29)6-3-7-24-26-21-4-1-2-5-22(21)30-24/h1-2,4-5,8-11,20,28H,3,6-7,12-17H2,(H,25,29). The van der Waals surface area contributed by atoms with Gasteiger partial charge in [0.15, 0.2) is 0 Å². The van der Waals surface area contributed by atoms with Crippen LogP contribution in [0.15, 0.2) is 48.5 Å². The maximum Gasteiger partial charge on any atom is 0.220 e. The van der Waals surface area contributed by atoms with Crippen LogP contribution in [0.5, 0.6) is 0 Å². The van der Waals surface area contributed by atoms with Crippen LogP contribution >= 0.6 is 11.3 Å². The van der Waals surface area contributed by atoms with Crippen LogP contribution < -0.4 is 5.32 Å². The first-order chi connectivity index (χ1) is 14.7. The van der Waals surface area contributed by atoms with Crippen molar-refractivity contribution in [1.29, 1.82) is 0 Å². The van der Waals surface area contributed by atoms with E-state index in [2.05, 4.69) is 45.5 Å². The minimum Gasteiger partial charge on any atom is -0.393 e. The number of hydrogen-bond acceptors (Lipinski definition) is 5. The lowest BCUT2D eigenvalue weighted by atomic mass is 10.1. The highest BCUT2D eigenvalue weighted by Crippen LogP contribution is 2.22. The van der Waals surface area contributed by atoms with Gasteiger partial charge in [0.25, 0.3) is 0 Å². The molecule has 4 rings (SSSR count). The van der Waals surface area contributed by atoms with Crippen LogP contribution in [-0.4, -0.2) is 40.1 Å². The normalized spacial score (nSPS) is 15.5. The zero-order chi connectivity index (χ0) is 20.8. The van der Waals surface area contributed by atoms with Gasteiger partial charge in [-0.1, -0.05) is 36.4 Å². The molecular formula is C24H29N3O2S. The average Bonchev–Trinajstić information content (AvgIpc) is 3.18. The van der Waals surface area contributed by atoms with Crippen molar-refractivity contribution in [3.8, 4) is 0 Å². The van der Waals surface area contributed by atoms with Gasteiger partial charge in [-0.05, 0) is 48.9 Å². The monoisotopic (exact) mass is 423 g/mol. The van der Waals surface area contributed by atoms with E-state index in [1.165, 1.54) is 10.3 Å². The van der Waals surface area contributed by atoms with E-state index in [9.17, 15) is 9.90 Å². The molecule has 5 nitrogen and oxygen atoms in total. The van der Waals surface area contributed by atoms with Crippen molar-refractivity contribution in [2.24, 2.45) is 0 Å². The number of thiazole rings is 1. The number of nitrogens with zero attached hydrogens (tertiary/aromatic N) is 2. The first kappa shape index (κ1) is 21.0. The second kappa shape index (κ2) is 10.2. The number of hydrogen-bond donors (Lipinski definition) is 2. The van der Waals surface area contributed by atoms with E-state index in [0.29, 0.717) is 13.0 Å². The van der Waals surface area contributed by atoms with Crippen molar-refractivity contribution in [1.82, 2.24) is 15.2 Å². The summed E-state index contributed by atoms with van der Waals surface area (Å²) in [6, 6.07) is 16.6. The summed E-state index contributed by atoms with van der Waals surface area (Å²) in [6.45, 7) is 3.40. The van der Waals surface area contributed by atoms with Crippen molar-refractivity contribution in [2.75, 3.05) is 13.1 Å². The van der Waals surface area contributed by atoms with Gasteiger partial charge >= 0.3 is 0 Å². The molecule has 6 heteroatoms. The largest absolute Gasteiger partial charge is 0.393 e. The summed E-state index contributed by atoms with van der Waals surface area (Å²) < 4.78 is 1.21. The molecule has 2 aromatic carbocycles. The fourth-order valence-corrected chi connectivity index (χ4v) is 4.82. The first-order valence-corrected chi connectivity index (χ1v) is 11.6. The molecule has 158 valence electrons. The topological polar surface area (TPSA) is 65.5 Å². The van der Waals surface area contributed by atoms with Crippen LogP contribution in [0, 0.1) is 0 Å². The quantitative estimate of drug-likeness (QED) is 0.577. The molecule has 0 radical (unpaired) electrons. The predicted octanol–water partition coefficient (Wildman–Crippen LogP) is 3.89. The molecule has 0 atom stereocenters. The Balaban J connectivity index is 1.16. The minimum atomic E-state index is -0.131. The molecule has 1 amide bonds. The van der Waals surface area contributed by atoms with Gasteiger partial charge in [-0.15, -0.1) is 11.3 Å². The average molecular weight is 424 g/mol. The zero-order valence-electron chi connectivity index (χ0n) is 17.2. The number of rotatable bonds is 8. The van der Waals surface area contributed by atoms with Crippen LogP contribution in [0.2, 0.25) is 0 Å². The lowest BCUT2D eigenvalue weighted by Gasteiger charge is -2.29. The van der Waals surface area contributed by atoms with Crippen molar-refractivity contribution < 1.29 is 9.90 Å². The van der Waals surface area contributed by atoms with Gasteiger partial charge in [0.1, 0.15) is 0 Å². The molecule has 0 saturated carbocycles. The van der Waals surface area contributed by atoms with Crippen LogP contribution in [0.4, 0.5) is 0 Å². The van der Waals surface area contributed by atoms with Gasteiger partial charge in [0, 0.05) is 32.6 Å². The molecule has 1 fully saturated rings. The molecule has 30 heavy (non-hydrogen) atoms. The van der Waals surface area contributed by atoms with Gasteiger partial charge in [0.2, 0.25) is 5.91 Å². The number of carbonyl (C=O) groups excluding carboxylic acids is 1. The Hall–Kier alpha value is -2.28. The molecule has 0 aliphatic carbocycles. The number of para-hydroxylation sites is 1. The molecule has 2 heterocycles. The minimum absolute atomic E-state index is 0.0899. The number of fused-ring (bicyclic) bond motifs is 1. The number of carbonyl (C=O) groups is 1. The summed E-state index contributed by atoms with van der Waals surface area (Å²) in [7, 11) is 0. The Bertz CT molecular complexity index is 929. The summed E-state index contributed by atoms with van der Waals surface area (Å²) in [5.74, 6) is 0.0899. The number of aromatic nitrogens is 1. The summed E-state index contributed by atoms with van der Waals surface area (Å²) >= 11 is 1.71. The van der Waals surface area contributed by atoms with E-state index >= 15 is 0 Å². The molecule has 1 saturated heterocycles. The zero-order valence-corrected chi connectivity index (χ0v) is 18.0. The smallest absolute Gasteiger partial charge is 0.220 e. The van der Waals surface area contributed by atoms with Crippen molar-refractivity contribution >= 4 is 27.5 Å². The van der Waals surface area contributed by atoms with E-state index in [0.717, 1.165) is 61.4 Å². The van der Waals surface area contributed by atoms with Crippen molar-refractivity contribution in [3.05, 3.63) is 64.7 Å². The second-order valence-corrected chi connectivity index (χ2v) is 9.14. The molecule has 0 spiro atoms. The Morgan fingerprint density at radius 2 is 1.83 bits per heavy atom. The fraction of sp³-hybridized carbons (Fsp3) is 0.417. The number of nitrogens with one attached hydrogen (secondary N) is 1. The van der Waals surface area contributed by atoms with E-state index in [-0.39, 0.29) is 12.0 Å². The molecule has 0 bridgehead atoms. The third kappa shape index (κ3) is 5.88. The Morgan fingerprint density at radius 3 is 2.60 bits per heavy atom. The van der Waals surface area contributed by atoms with Gasteiger partial charge in [0.05, 0.1) is 21.3 Å². The molecule has 0 unspecified atom stereocenters. The molecule has 2 N–H and O–H groups in total. The van der Waals surface area contributed by atoms with Crippen LogP contribution in [0.1, 0.15) is 41.8 Å². The van der Waals surface area contributed by atoms with Gasteiger partial charge < -0.3 is 10.4 Å². The third-order valence-corrected chi connectivity index (χ3v) is 6.70. The number of amides is 1. The molecule has 3 aromatic rings. The Kier molecular flexibility index (Phi) is 7.10. The Labute approximate surface area is 181 Å². The number of piperidine rings is 1. The van der Waals surface area contributed by atoms with Crippen LogP contribution in [0.25, 0.3) is 10.2 Å². The fourth-order valence-electron chi connectivity index (χ4n) is 3.81. The number of aliphatic hydroxyl groups excluding tert-OH is 1. The summed E-state index contributed by atoms with van der Waals surface area (Å²) in [5.41, 5.74) is 3.44. The summed E-state index contributed by atoms with van der Waals surface area (Å²) in [4.78, 5) is 19.2. The lowest BCUT2D eigenvalue weighted by Crippen LogP contribution is -2.35. The van der Waals surface area contributed by atoms with Gasteiger partial charge in [-0.2, -0.15) is 0 Å². The Morgan fingerprint density at radius 1 is 1.10 bits per heavy atom. The number of aryl methyl sites for hydroxylation is 1. The summed E-state index contributed by atoms with van der Waals surface area (Å²) in [5, 5.41) is 13.7. The lowest BCUT2D eigenvalue weighted by molar-refractivity contribution is -0.121. The number of benzene rings is 2. The molecular weight excluding hydrogens is 394 g/mol. The van der Waals surface area contributed by atoms with Gasteiger partial charge in [-0.3, -0.25) is 9.69 Å². The van der Waals surface area contributed by atoms with Crippen LogP contribution in [-0.2, 0) is 24.3 Å². The maximum absolute atomic E-state index is 12.2. The van der Waals surface area contributed by atoms with Crippen LogP contribution in [0.3, 0.4) is 0 Å². The molecule has 1 aromatic heterocycles. The first-order valence-electron chi connectivity index (χ1n) is 10.7. The highest BCUT2D eigenvalue weighted by molar-refractivity contribution is 7.18. The van der Waals surface area contributed by atoms with Crippen molar-refractivity contribution in [2.45, 2.75) is 51.3 Å². The van der Waals surface area contributed by atoms with Gasteiger partial charge in [-0.25, -0.2) is 4.98 Å². The highest BCUT2D eigenvalue weighted by Gasteiger charge is 2.16. The SMILES string of the molecule is O=C(CCCc1nc2ccccc2s1)NCc1ccc(CN2CCC(O)CC2)cc1. The highest BCUT2D eigenvalue weighted by atomic mass is 32.1. The molecule has 1 aliphatic heterocycles. The predicted molar refractivity (Wildman–Crippen MR) is 121 cm³/mol. The molecule has 1 aliphatic rings. The van der Waals surface area contributed by atoms with E-state index in [4.69, 9.17) is 0 Å². The van der Waals surface area contributed by atoms with Crippen molar-refractivity contribution in [3.63, 3.8) is 0 Å². The number of aliphatic hydroxyl groups is 1. The summed E-state index contributed by atoms with van der Waals surface area (Å²) in [6.07, 6.45) is 3.78. The van der Waals surface area contributed by atoms with E-state index < -0.39 is 0 Å². The number of likely N-dealkylation sites (tertiary alicyclic amines) is 1. The maximum atomic E-state index is 12.2.